The van der Waals surface area contributed by atoms with Crippen LogP contribution >= 0.6 is 11.6 Å². The Morgan fingerprint density at radius 3 is 2.53 bits per heavy atom. The number of hydrogen-bond donors (Lipinski definition) is 2. The number of methoxy groups -OCH3 is 2. The zero-order valence-electron chi connectivity index (χ0n) is 31.2. The van der Waals surface area contributed by atoms with Crippen LogP contribution in [-0.4, -0.2) is 104 Å². The molecule has 3 aliphatic heterocycles. The number of allylic oxidation sites excluding steroid dienone is 3. The number of halogens is 1. The highest BCUT2D eigenvalue weighted by Gasteiger charge is 2.64. The topological polar surface area (TPSA) is 156 Å². The average Bonchev–Trinajstić information content (AvgIpc) is 3.76. The molecule has 2 fully saturated rings. The number of nitrogens with one attached hydrogen (secondary N) is 1. The van der Waals surface area contributed by atoms with Gasteiger partial charge in [0.15, 0.2) is 5.72 Å². The van der Waals surface area contributed by atoms with E-state index in [1.165, 1.54) is 31.1 Å². The van der Waals surface area contributed by atoms with E-state index in [2.05, 4.69) is 5.32 Å². The van der Waals surface area contributed by atoms with E-state index in [0.717, 1.165) is 11.1 Å². The molecule has 2 saturated heterocycles. The zero-order valence-corrected chi connectivity index (χ0v) is 31.9. The van der Waals surface area contributed by atoms with Crippen molar-refractivity contribution >= 4 is 41.2 Å². The number of likely N-dealkylation sites (N-methyl/N-ethyl adjacent to an activating group) is 1. The van der Waals surface area contributed by atoms with Gasteiger partial charge < -0.3 is 38.6 Å². The van der Waals surface area contributed by atoms with Crippen LogP contribution < -0.4 is 15.0 Å². The summed E-state index contributed by atoms with van der Waals surface area (Å²) >= 11 is 6.75. The van der Waals surface area contributed by atoms with Crippen LogP contribution in [0.5, 0.6) is 5.75 Å². The Bertz CT molecular complexity index is 1560. The van der Waals surface area contributed by atoms with Crippen LogP contribution in [0.15, 0.2) is 35.9 Å². The molecule has 3 amide bonds. The van der Waals surface area contributed by atoms with E-state index >= 15 is 0 Å². The Balaban J connectivity index is 1.77. The van der Waals surface area contributed by atoms with Gasteiger partial charge in [0.1, 0.15) is 40.7 Å². The Hall–Kier alpha value is -3.65. The number of benzene rings is 1. The predicted octanol–water partition coefficient (Wildman–Crippen LogP) is 4.56. The zero-order chi connectivity index (χ0) is 38.0. The lowest BCUT2D eigenvalue weighted by atomic mass is 9.83. The summed E-state index contributed by atoms with van der Waals surface area (Å²) in [5.41, 5.74) is -0.878. The summed E-state index contributed by atoms with van der Waals surface area (Å²) in [6, 6.07) is 2.64. The fraction of sp³-hybridized carbons (Fsp3) is 0.622. The quantitative estimate of drug-likeness (QED) is 0.301. The number of alkyl carbamates (subject to hydrolysis) is 1. The highest BCUT2D eigenvalue weighted by molar-refractivity contribution is 6.35. The molecule has 13 nitrogen and oxygen atoms in total. The van der Waals surface area contributed by atoms with Crippen molar-refractivity contribution in [3.8, 4) is 5.75 Å². The summed E-state index contributed by atoms with van der Waals surface area (Å²) in [7, 11) is 6.04. The molecular formula is C37H52ClN3O10. The molecule has 14 heteroatoms. The normalized spacial score (nSPS) is 32.1. The molecule has 0 spiro atoms. The van der Waals surface area contributed by atoms with E-state index in [1.54, 1.807) is 52.1 Å². The highest BCUT2D eigenvalue weighted by Crippen LogP contribution is 2.49. The Labute approximate surface area is 305 Å². The van der Waals surface area contributed by atoms with Crippen molar-refractivity contribution in [2.45, 2.75) is 109 Å². The van der Waals surface area contributed by atoms with Crippen LogP contribution in [0.4, 0.5) is 10.5 Å². The molecule has 282 valence electrons. The van der Waals surface area contributed by atoms with Gasteiger partial charge in [-0.05, 0) is 50.8 Å². The van der Waals surface area contributed by atoms with Crippen molar-refractivity contribution in [1.82, 2.24) is 10.2 Å². The van der Waals surface area contributed by atoms with Gasteiger partial charge in [-0.3, -0.25) is 14.9 Å². The first-order valence-corrected chi connectivity index (χ1v) is 17.6. The summed E-state index contributed by atoms with van der Waals surface area (Å²) < 4.78 is 29.2. The second-order valence-corrected chi connectivity index (χ2v) is 14.9. The third kappa shape index (κ3) is 8.88. The number of amides is 3. The van der Waals surface area contributed by atoms with Crippen molar-refractivity contribution in [2.24, 2.45) is 11.8 Å². The van der Waals surface area contributed by atoms with E-state index in [1.807, 2.05) is 26.8 Å². The average molecular weight is 734 g/mol. The van der Waals surface area contributed by atoms with Gasteiger partial charge in [0.25, 0.3) is 0 Å². The van der Waals surface area contributed by atoms with Crippen molar-refractivity contribution < 1.29 is 48.0 Å². The molecule has 1 aromatic rings. The van der Waals surface area contributed by atoms with Crippen LogP contribution in [0.25, 0.3) is 0 Å². The van der Waals surface area contributed by atoms with Crippen LogP contribution in [-0.2, 0) is 39.8 Å². The predicted molar refractivity (Wildman–Crippen MR) is 190 cm³/mol. The molecule has 8 atom stereocenters. The third-order valence-electron chi connectivity index (χ3n) is 10.1. The number of ether oxygens (including phenoxy) is 5. The summed E-state index contributed by atoms with van der Waals surface area (Å²) in [5.74, 6) is -1.41. The second kappa shape index (κ2) is 15.9. The lowest BCUT2D eigenvalue weighted by Gasteiger charge is -2.42. The molecule has 2 N–H and O–H groups in total. The standard InChI is InChI=1S/C37H52ClN3O10/c1-20(2)14-30(42)40(7)23(5)34(44)50-29-18-31(43)41(8)25-16-24(17-26(47-9)32(25)38)15-21(3)12-11-13-28(48-10)37(46)19-27(49-35(45)39-37)22(4)33-36(29,6)51-33/h11-13,16-17,20,22-23,27-29,33,46H,14-15,18-19H2,1-10H3,(H,39,45)/b13-11+,21-12-/t22-,23+,27+,28-,29+,33+,36+,37+/m1/s1. The van der Waals surface area contributed by atoms with Crippen LogP contribution in [0.2, 0.25) is 5.02 Å². The van der Waals surface area contributed by atoms with Crippen molar-refractivity contribution in [2.75, 3.05) is 33.2 Å². The molecule has 3 heterocycles. The molecule has 3 aliphatic rings. The first-order valence-electron chi connectivity index (χ1n) is 17.2. The minimum Gasteiger partial charge on any atom is -0.495 e. The van der Waals surface area contributed by atoms with E-state index in [-0.39, 0.29) is 36.1 Å². The molecule has 0 unspecified atom stereocenters. The number of fused-ring (bicyclic) bond motifs is 5. The SMILES string of the molecule is COc1cc2cc(c1Cl)N(C)C(=O)C[C@H](OC(=O)[C@H](C)N(C)C(=O)CC(C)C)[C@]1(C)O[C@H]1[C@H](C)[C@@H]1C[C@@](O)(NC(=O)O1)[C@H](OC)/C=C/C=C(/C)C2. The number of aliphatic hydroxyl groups is 1. The summed E-state index contributed by atoms with van der Waals surface area (Å²) in [4.78, 5) is 56.1. The van der Waals surface area contributed by atoms with Gasteiger partial charge >= 0.3 is 12.1 Å². The smallest absolute Gasteiger partial charge is 0.409 e. The number of epoxide rings is 1. The number of hydrogen-bond acceptors (Lipinski definition) is 10. The molecule has 4 bridgehead atoms. The lowest BCUT2D eigenvalue weighted by molar-refractivity contribution is -0.162. The van der Waals surface area contributed by atoms with Crippen molar-refractivity contribution in [1.29, 1.82) is 0 Å². The summed E-state index contributed by atoms with van der Waals surface area (Å²) in [6.07, 6.45) is 1.26. The number of carbonyl (C=O) groups is 4. The molecule has 1 aromatic carbocycles. The second-order valence-electron chi connectivity index (χ2n) is 14.5. The molecule has 0 aliphatic carbocycles. The minimum absolute atomic E-state index is 0.0442. The summed E-state index contributed by atoms with van der Waals surface area (Å²) in [6.45, 7) is 10.8. The maximum absolute atomic E-state index is 14.1. The van der Waals surface area contributed by atoms with Crippen LogP contribution in [0, 0.1) is 11.8 Å². The monoisotopic (exact) mass is 733 g/mol. The maximum atomic E-state index is 14.1. The van der Waals surface area contributed by atoms with Gasteiger partial charge in [-0.1, -0.05) is 56.2 Å². The molecule has 0 saturated carbocycles. The van der Waals surface area contributed by atoms with E-state index in [9.17, 15) is 24.3 Å². The fourth-order valence-electron chi connectivity index (χ4n) is 6.71. The lowest BCUT2D eigenvalue weighted by Crippen LogP contribution is -2.63. The Morgan fingerprint density at radius 2 is 1.90 bits per heavy atom. The van der Waals surface area contributed by atoms with Gasteiger partial charge in [-0.25, -0.2) is 9.59 Å². The number of esters is 1. The van der Waals surface area contributed by atoms with Crippen molar-refractivity contribution in [3.05, 3.63) is 46.5 Å². The van der Waals surface area contributed by atoms with Crippen LogP contribution in [0.3, 0.4) is 0 Å². The number of rotatable bonds is 7. The van der Waals surface area contributed by atoms with E-state index in [0.29, 0.717) is 17.9 Å². The largest absolute Gasteiger partial charge is 0.495 e. The van der Waals surface area contributed by atoms with Crippen LogP contribution in [0.1, 0.15) is 66.4 Å². The third-order valence-corrected chi connectivity index (χ3v) is 10.5. The number of nitrogens with zero attached hydrogens (tertiary/aromatic N) is 2. The minimum atomic E-state index is -1.82. The summed E-state index contributed by atoms with van der Waals surface area (Å²) in [5, 5.41) is 14.5. The van der Waals surface area contributed by atoms with Gasteiger partial charge in [0, 0.05) is 40.0 Å². The highest BCUT2D eigenvalue weighted by atomic mass is 35.5. The Morgan fingerprint density at radius 1 is 1.22 bits per heavy atom. The molecule has 4 rings (SSSR count). The van der Waals surface area contributed by atoms with E-state index in [4.69, 9.17) is 35.3 Å². The number of anilines is 1. The first kappa shape index (κ1) is 40.1. The number of carbonyl (C=O) groups excluding carboxylic acids is 4. The maximum Gasteiger partial charge on any atom is 0.409 e. The molecule has 0 radical (unpaired) electrons. The first-order chi connectivity index (χ1) is 23.8. The van der Waals surface area contributed by atoms with Gasteiger partial charge in [0.05, 0.1) is 25.3 Å². The van der Waals surface area contributed by atoms with Crippen molar-refractivity contribution in [3.63, 3.8) is 0 Å². The molecular weight excluding hydrogens is 682 g/mol. The Kier molecular flexibility index (Phi) is 12.5. The molecule has 51 heavy (non-hydrogen) atoms. The van der Waals surface area contributed by atoms with Gasteiger partial charge in [0.2, 0.25) is 11.8 Å². The molecule has 0 aromatic heterocycles. The van der Waals surface area contributed by atoms with Gasteiger partial charge in [-0.15, -0.1) is 0 Å². The fourth-order valence-corrected chi connectivity index (χ4v) is 7.02. The van der Waals surface area contributed by atoms with Gasteiger partial charge in [-0.2, -0.15) is 0 Å². The van der Waals surface area contributed by atoms with E-state index < -0.39 is 65.7 Å².